The molecule has 2 unspecified atom stereocenters. The van der Waals surface area contributed by atoms with Crippen molar-refractivity contribution in [3.63, 3.8) is 0 Å². The molecular weight excluding hydrogens is 174 g/mol. The third kappa shape index (κ3) is 1.49. The minimum absolute atomic E-state index is 0.329. The van der Waals surface area contributed by atoms with Crippen LogP contribution in [0.15, 0.2) is 0 Å². The van der Waals surface area contributed by atoms with Crippen LogP contribution in [-0.2, 0) is 0 Å². The smallest absolute Gasteiger partial charge is 0.0718 e. The van der Waals surface area contributed by atoms with Crippen molar-refractivity contribution in [1.82, 2.24) is 0 Å². The highest BCUT2D eigenvalue weighted by Gasteiger charge is 2.49. The van der Waals surface area contributed by atoms with Crippen LogP contribution in [0.5, 0.6) is 0 Å². The first kappa shape index (κ1) is 10.4. The summed E-state index contributed by atoms with van der Waals surface area (Å²) in [5.41, 5.74) is 5.36. The van der Waals surface area contributed by atoms with Gasteiger partial charge in [0, 0.05) is 0 Å². The fraction of sp³-hybridized carbons (Fsp3) is 1.00. The zero-order chi connectivity index (χ0) is 10.2. The first-order chi connectivity index (χ1) is 6.70. The van der Waals surface area contributed by atoms with E-state index in [4.69, 9.17) is 5.73 Å². The molecule has 0 aromatic rings. The van der Waals surface area contributed by atoms with Gasteiger partial charge in [-0.2, -0.15) is 0 Å². The van der Waals surface area contributed by atoms with E-state index >= 15 is 0 Å². The Morgan fingerprint density at radius 2 is 2.00 bits per heavy atom. The molecule has 0 heterocycles. The maximum atomic E-state index is 10.7. The third-order valence-electron chi connectivity index (χ3n) is 4.65. The molecular formula is C12H23NO. The van der Waals surface area contributed by atoms with E-state index in [1.165, 1.54) is 25.7 Å². The van der Waals surface area contributed by atoms with Gasteiger partial charge < -0.3 is 10.8 Å². The highest BCUT2D eigenvalue weighted by Crippen LogP contribution is 2.50. The van der Waals surface area contributed by atoms with Crippen LogP contribution in [0.2, 0.25) is 0 Å². The molecule has 0 amide bonds. The average molecular weight is 197 g/mol. The number of aliphatic hydroxyl groups is 1. The largest absolute Gasteiger partial charge is 0.389 e. The fourth-order valence-corrected chi connectivity index (χ4v) is 3.72. The van der Waals surface area contributed by atoms with Gasteiger partial charge in [-0.25, -0.2) is 0 Å². The molecule has 3 saturated carbocycles. The van der Waals surface area contributed by atoms with Crippen molar-refractivity contribution in [2.24, 2.45) is 23.5 Å². The lowest BCUT2D eigenvalue weighted by molar-refractivity contribution is -0.134. The van der Waals surface area contributed by atoms with Crippen LogP contribution in [-0.4, -0.2) is 17.3 Å². The summed E-state index contributed by atoms with van der Waals surface area (Å²) < 4.78 is 0. The summed E-state index contributed by atoms with van der Waals surface area (Å²) in [7, 11) is 0. The van der Waals surface area contributed by atoms with E-state index in [1.807, 2.05) is 0 Å². The number of hydrogen-bond donors (Lipinski definition) is 2. The van der Waals surface area contributed by atoms with Gasteiger partial charge in [-0.15, -0.1) is 0 Å². The Bertz CT molecular complexity index is 190. The molecule has 82 valence electrons. The molecule has 2 nitrogen and oxygen atoms in total. The molecule has 3 N–H and O–H groups in total. The van der Waals surface area contributed by atoms with Crippen LogP contribution in [0, 0.1) is 17.8 Å². The lowest BCUT2D eigenvalue weighted by Crippen LogP contribution is -2.54. The SMILES string of the molecule is CCC(CN)C1(O)CC2CCC1CC2. The molecule has 3 aliphatic carbocycles. The molecule has 0 aromatic carbocycles. The van der Waals surface area contributed by atoms with Crippen molar-refractivity contribution in [2.45, 2.75) is 51.0 Å². The van der Waals surface area contributed by atoms with E-state index in [2.05, 4.69) is 6.92 Å². The molecule has 3 fully saturated rings. The van der Waals surface area contributed by atoms with E-state index < -0.39 is 5.60 Å². The quantitative estimate of drug-likeness (QED) is 0.726. The van der Waals surface area contributed by atoms with Gasteiger partial charge in [0.15, 0.2) is 0 Å². The lowest BCUT2D eigenvalue weighted by Gasteiger charge is -2.52. The molecule has 3 aliphatic rings. The van der Waals surface area contributed by atoms with E-state index in [-0.39, 0.29) is 0 Å². The molecule has 2 heteroatoms. The van der Waals surface area contributed by atoms with Gasteiger partial charge in [0.2, 0.25) is 0 Å². The summed E-state index contributed by atoms with van der Waals surface area (Å²) in [5, 5.41) is 10.7. The zero-order valence-corrected chi connectivity index (χ0v) is 9.21. The standard InChI is InChI=1S/C12H23NO/c1-2-10(8-13)12(14)7-9-3-5-11(12)6-4-9/h9-11,14H,2-8,13H2,1H3. The van der Waals surface area contributed by atoms with Crippen molar-refractivity contribution < 1.29 is 5.11 Å². The summed E-state index contributed by atoms with van der Waals surface area (Å²) in [4.78, 5) is 0. The molecule has 2 atom stereocenters. The van der Waals surface area contributed by atoms with E-state index in [1.54, 1.807) is 0 Å². The van der Waals surface area contributed by atoms with Crippen LogP contribution in [0.1, 0.15) is 45.4 Å². The summed E-state index contributed by atoms with van der Waals surface area (Å²) in [6.45, 7) is 2.80. The Morgan fingerprint density at radius 1 is 1.36 bits per heavy atom. The minimum atomic E-state index is -0.412. The normalized spacial score (nSPS) is 43.9. The monoisotopic (exact) mass is 197 g/mol. The van der Waals surface area contributed by atoms with Gasteiger partial charge in [-0.3, -0.25) is 0 Å². The summed E-state index contributed by atoms with van der Waals surface area (Å²) in [6, 6.07) is 0. The fourth-order valence-electron chi connectivity index (χ4n) is 3.72. The third-order valence-corrected chi connectivity index (χ3v) is 4.65. The second kappa shape index (κ2) is 3.82. The summed E-state index contributed by atoms with van der Waals surface area (Å²) >= 11 is 0. The van der Waals surface area contributed by atoms with Crippen LogP contribution < -0.4 is 5.73 Å². The Morgan fingerprint density at radius 3 is 2.36 bits per heavy atom. The summed E-state index contributed by atoms with van der Waals surface area (Å²) in [6.07, 6.45) is 7.20. The van der Waals surface area contributed by atoms with E-state index in [0.717, 1.165) is 18.8 Å². The maximum Gasteiger partial charge on any atom is 0.0718 e. The van der Waals surface area contributed by atoms with Gasteiger partial charge in [-0.1, -0.05) is 6.92 Å². The van der Waals surface area contributed by atoms with Crippen molar-refractivity contribution >= 4 is 0 Å². The molecule has 0 radical (unpaired) electrons. The van der Waals surface area contributed by atoms with Gasteiger partial charge in [-0.05, 0) is 62.8 Å². The Hall–Kier alpha value is -0.0800. The van der Waals surface area contributed by atoms with Gasteiger partial charge >= 0.3 is 0 Å². The summed E-state index contributed by atoms with van der Waals surface area (Å²) in [5.74, 6) is 1.65. The maximum absolute atomic E-state index is 10.7. The van der Waals surface area contributed by atoms with Crippen molar-refractivity contribution in [3.05, 3.63) is 0 Å². The highest BCUT2D eigenvalue weighted by atomic mass is 16.3. The zero-order valence-electron chi connectivity index (χ0n) is 9.21. The van der Waals surface area contributed by atoms with Crippen LogP contribution in [0.3, 0.4) is 0 Å². The number of nitrogens with two attached hydrogens (primary N) is 1. The second-order valence-corrected chi connectivity index (χ2v) is 5.25. The Kier molecular flexibility index (Phi) is 2.85. The number of rotatable bonds is 3. The number of hydrogen-bond acceptors (Lipinski definition) is 2. The van der Waals surface area contributed by atoms with Crippen LogP contribution in [0.4, 0.5) is 0 Å². The predicted molar refractivity (Wildman–Crippen MR) is 57.9 cm³/mol. The second-order valence-electron chi connectivity index (χ2n) is 5.25. The number of fused-ring (bicyclic) bond motifs is 3. The topological polar surface area (TPSA) is 46.2 Å². The van der Waals surface area contributed by atoms with Crippen molar-refractivity contribution in [2.75, 3.05) is 6.54 Å². The first-order valence-electron chi connectivity index (χ1n) is 6.13. The van der Waals surface area contributed by atoms with Crippen molar-refractivity contribution in [1.29, 1.82) is 0 Å². The Labute approximate surface area is 86.9 Å². The van der Waals surface area contributed by atoms with Gasteiger partial charge in [0.1, 0.15) is 0 Å². The Balaban J connectivity index is 2.14. The van der Waals surface area contributed by atoms with Gasteiger partial charge in [0.25, 0.3) is 0 Å². The van der Waals surface area contributed by atoms with Gasteiger partial charge in [0.05, 0.1) is 5.60 Å². The van der Waals surface area contributed by atoms with Crippen LogP contribution in [0.25, 0.3) is 0 Å². The molecule has 14 heavy (non-hydrogen) atoms. The lowest BCUT2D eigenvalue weighted by atomic mass is 9.58. The van der Waals surface area contributed by atoms with Crippen molar-refractivity contribution in [3.8, 4) is 0 Å². The first-order valence-corrected chi connectivity index (χ1v) is 6.13. The van der Waals surface area contributed by atoms with E-state index in [9.17, 15) is 5.11 Å². The molecule has 0 saturated heterocycles. The minimum Gasteiger partial charge on any atom is -0.389 e. The molecule has 0 spiro atoms. The predicted octanol–water partition coefficient (Wildman–Crippen LogP) is 1.91. The average Bonchev–Trinajstić information content (AvgIpc) is 2.20. The molecule has 2 bridgehead atoms. The highest BCUT2D eigenvalue weighted by molar-refractivity contribution is 5.01. The van der Waals surface area contributed by atoms with E-state index in [0.29, 0.717) is 18.4 Å². The molecule has 3 rings (SSSR count). The van der Waals surface area contributed by atoms with Crippen LogP contribution >= 0.6 is 0 Å². The molecule has 0 aliphatic heterocycles. The molecule has 0 aromatic heterocycles.